The van der Waals surface area contributed by atoms with Gasteiger partial charge in [0, 0.05) is 7.11 Å². The highest BCUT2D eigenvalue weighted by molar-refractivity contribution is 5.86. The van der Waals surface area contributed by atoms with Crippen molar-refractivity contribution in [3.63, 3.8) is 0 Å². The topological polar surface area (TPSA) is 119 Å². The molecule has 0 saturated carbocycles. The highest BCUT2D eigenvalue weighted by Crippen LogP contribution is 2.41. The van der Waals surface area contributed by atoms with Crippen molar-refractivity contribution in [2.75, 3.05) is 20.3 Å². The first-order chi connectivity index (χ1) is 13.8. The maximum absolute atomic E-state index is 12.0. The Labute approximate surface area is 167 Å². The molecule has 1 aliphatic heterocycles. The maximum atomic E-state index is 12.0. The predicted molar refractivity (Wildman–Crippen MR) is 105 cm³/mol. The SMILES string of the molecule is C=CCOc1cc(=O)oc2c(C)c([C@@H]3O[C@](C)(CO)[C@H](OC)[C@H](O)[C@H]3O)ccc12. The third kappa shape index (κ3) is 3.70. The van der Waals surface area contributed by atoms with Crippen LogP contribution in [0.25, 0.3) is 11.0 Å². The number of aryl methyl sites for hydroxylation is 1. The fourth-order valence-electron chi connectivity index (χ4n) is 3.83. The van der Waals surface area contributed by atoms with Crippen LogP contribution in [0.15, 0.2) is 40.1 Å². The smallest absolute Gasteiger partial charge is 0.339 e. The quantitative estimate of drug-likeness (QED) is 0.484. The van der Waals surface area contributed by atoms with Crippen molar-refractivity contribution in [3.8, 4) is 5.75 Å². The first-order valence-electron chi connectivity index (χ1n) is 9.26. The first-order valence-corrected chi connectivity index (χ1v) is 9.26. The number of hydrogen-bond acceptors (Lipinski definition) is 8. The lowest BCUT2D eigenvalue weighted by molar-refractivity contribution is -0.279. The Morgan fingerprint density at radius 2 is 2.03 bits per heavy atom. The van der Waals surface area contributed by atoms with Crippen LogP contribution >= 0.6 is 0 Å². The number of hydrogen-bond donors (Lipinski definition) is 3. The van der Waals surface area contributed by atoms with Crippen molar-refractivity contribution in [2.24, 2.45) is 0 Å². The Bertz CT molecular complexity index is 952. The first kappa shape index (κ1) is 21.5. The molecule has 8 heteroatoms. The van der Waals surface area contributed by atoms with Crippen molar-refractivity contribution >= 4 is 11.0 Å². The fraction of sp³-hybridized carbons (Fsp3) is 0.476. The van der Waals surface area contributed by atoms with Gasteiger partial charge in [0.25, 0.3) is 0 Å². The van der Waals surface area contributed by atoms with E-state index >= 15 is 0 Å². The molecule has 1 aromatic carbocycles. The van der Waals surface area contributed by atoms with E-state index in [2.05, 4.69) is 6.58 Å². The number of aliphatic hydroxyl groups is 3. The molecular formula is C21H26O8. The Morgan fingerprint density at radius 3 is 2.66 bits per heavy atom. The van der Waals surface area contributed by atoms with E-state index in [0.29, 0.717) is 27.8 Å². The monoisotopic (exact) mass is 406 g/mol. The molecule has 2 heterocycles. The number of ether oxygens (including phenoxy) is 3. The minimum Gasteiger partial charge on any atom is -0.489 e. The van der Waals surface area contributed by atoms with Gasteiger partial charge in [-0.15, -0.1) is 0 Å². The van der Waals surface area contributed by atoms with E-state index in [0.717, 1.165) is 0 Å². The van der Waals surface area contributed by atoms with E-state index < -0.39 is 42.2 Å². The minimum atomic E-state index is -1.32. The number of rotatable bonds is 6. The summed E-state index contributed by atoms with van der Waals surface area (Å²) in [6, 6.07) is 4.66. The van der Waals surface area contributed by atoms with Crippen molar-refractivity contribution in [1.29, 1.82) is 0 Å². The zero-order valence-electron chi connectivity index (χ0n) is 16.6. The van der Waals surface area contributed by atoms with Crippen molar-refractivity contribution in [2.45, 2.75) is 43.9 Å². The molecule has 1 aromatic heterocycles. The van der Waals surface area contributed by atoms with Crippen LogP contribution in [-0.2, 0) is 9.47 Å². The van der Waals surface area contributed by atoms with Gasteiger partial charge in [0.1, 0.15) is 48.0 Å². The molecule has 0 spiro atoms. The zero-order valence-corrected chi connectivity index (χ0v) is 16.6. The maximum Gasteiger partial charge on any atom is 0.339 e. The summed E-state index contributed by atoms with van der Waals surface area (Å²) in [5.41, 5.74) is -0.464. The molecule has 0 aliphatic carbocycles. The van der Waals surface area contributed by atoms with Gasteiger partial charge in [0.15, 0.2) is 0 Å². The number of benzene rings is 1. The largest absolute Gasteiger partial charge is 0.489 e. The van der Waals surface area contributed by atoms with Gasteiger partial charge in [-0.05, 0) is 31.0 Å². The average molecular weight is 406 g/mol. The van der Waals surface area contributed by atoms with Crippen molar-refractivity contribution in [3.05, 3.63) is 52.4 Å². The normalized spacial score (nSPS) is 29.7. The van der Waals surface area contributed by atoms with Crippen LogP contribution in [0.1, 0.15) is 24.2 Å². The summed E-state index contributed by atoms with van der Waals surface area (Å²) >= 11 is 0. The summed E-state index contributed by atoms with van der Waals surface area (Å²) in [5, 5.41) is 31.7. The van der Waals surface area contributed by atoms with Crippen LogP contribution in [0, 0.1) is 6.92 Å². The van der Waals surface area contributed by atoms with Gasteiger partial charge in [-0.25, -0.2) is 4.79 Å². The molecule has 3 rings (SSSR count). The summed E-state index contributed by atoms with van der Waals surface area (Å²) in [7, 11) is 1.37. The summed E-state index contributed by atoms with van der Waals surface area (Å²) in [6.07, 6.45) is -2.93. The van der Waals surface area contributed by atoms with E-state index in [1.54, 1.807) is 32.1 Å². The lowest BCUT2D eigenvalue weighted by Gasteiger charge is -2.48. The standard InChI is InChI=1S/C21H26O8/c1-5-8-27-14-9-15(23)28-18-11(2)12(6-7-13(14)18)19-16(24)17(25)20(26-4)21(3,10-22)29-19/h5-7,9,16-17,19-20,22,24-25H,1,8,10H2,2-4H3/t16-,17-,19+,20-,21-/m1/s1. The molecule has 1 fully saturated rings. The highest BCUT2D eigenvalue weighted by Gasteiger charge is 2.52. The van der Waals surface area contributed by atoms with Gasteiger partial charge >= 0.3 is 5.63 Å². The molecule has 2 aromatic rings. The third-order valence-corrected chi connectivity index (χ3v) is 5.36. The number of methoxy groups -OCH3 is 1. The van der Waals surface area contributed by atoms with Gasteiger partial charge in [-0.2, -0.15) is 0 Å². The van der Waals surface area contributed by atoms with Crippen molar-refractivity contribution < 1.29 is 33.9 Å². The van der Waals surface area contributed by atoms with Gasteiger partial charge < -0.3 is 33.9 Å². The van der Waals surface area contributed by atoms with Gasteiger partial charge in [0.05, 0.1) is 18.1 Å². The molecule has 1 aliphatic rings. The Hall–Kier alpha value is -2.23. The summed E-state index contributed by atoms with van der Waals surface area (Å²) in [6.45, 7) is 6.72. The molecule has 8 nitrogen and oxygen atoms in total. The van der Waals surface area contributed by atoms with Gasteiger partial charge in [0.2, 0.25) is 0 Å². The minimum absolute atomic E-state index is 0.225. The molecule has 0 amide bonds. The zero-order chi connectivity index (χ0) is 21.3. The predicted octanol–water partition coefficient (Wildman–Crippen LogP) is 1.23. The lowest BCUT2D eigenvalue weighted by Crippen LogP contribution is -2.62. The molecule has 0 bridgehead atoms. The second-order valence-electron chi connectivity index (χ2n) is 7.33. The summed E-state index contributed by atoms with van der Waals surface area (Å²) in [5.74, 6) is 0.357. The molecule has 0 unspecified atom stereocenters. The van der Waals surface area contributed by atoms with Crippen molar-refractivity contribution in [1.82, 2.24) is 0 Å². The number of fused-ring (bicyclic) bond motifs is 1. The van der Waals surface area contributed by atoms with Gasteiger partial charge in [-0.1, -0.05) is 18.7 Å². The molecule has 3 N–H and O–H groups in total. The molecule has 158 valence electrons. The average Bonchev–Trinajstić information content (AvgIpc) is 2.70. The van der Waals surface area contributed by atoms with Crippen LogP contribution in [-0.4, -0.2) is 59.6 Å². The molecule has 1 saturated heterocycles. The second-order valence-corrected chi connectivity index (χ2v) is 7.33. The molecule has 5 atom stereocenters. The second kappa shape index (κ2) is 8.25. The molecule has 0 radical (unpaired) electrons. The molecular weight excluding hydrogens is 380 g/mol. The molecule has 29 heavy (non-hydrogen) atoms. The fourth-order valence-corrected chi connectivity index (χ4v) is 3.83. The van der Waals surface area contributed by atoms with Crippen LogP contribution in [0.2, 0.25) is 0 Å². The van der Waals surface area contributed by atoms with E-state index in [1.165, 1.54) is 13.2 Å². The van der Waals surface area contributed by atoms with E-state index in [4.69, 9.17) is 18.6 Å². The van der Waals surface area contributed by atoms with E-state index in [-0.39, 0.29) is 6.61 Å². The third-order valence-electron chi connectivity index (χ3n) is 5.36. The number of aliphatic hydroxyl groups excluding tert-OH is 3. The summed E-state index contributed by atoms with van der Waals surface area (Å²) < 4.78 is 22.2. The van der Waals surface area contributed by atoms with Crippen LogP contribution in [0.3, 0.4) is 0 Å². The van der Waals surface area contributed by atoms with E-state index in [1.807, 2.05) is 0 Å². The van der Waals surface area contributed by atoms with Crippen LogP contribution in [0.4, 0.5) is 0 Å². The summed E-state index contributed by atoms with van der Waals surface area (Å²) in [4.78, 5) is 12.0. The van der Waals surface area contributed by atoms with Crippen LogP contribution < -0.4 is 10.4 Å². The Balaban J connectivity index is 2.11. The Kier molecular flexibility index (Phi) is 6.11. The Morgan fingerprint density at radius 1 is 1.31 bits per heavy atom. The lowest BCUT2D eigenvalue weighted by atomic mass is 9.83. The van der Waals surface area contributed by atoms with Crippen LogP contribution in [0.5, 0.6) is 5.75 Å². The van der Waals surface area contributed by atoms with Gasteiger partial charge in [-0.3, -0.25) is 0 Å². The highest BCUT2D eigenvalue weighted by atomic mass is 16.6. The van der Waals surface area contributed by atoms with E-state index in [9.17, 15) is 20.1 Å².